The summed E-state index contributed by atoms with van der Waals surface area (Å²) in [5.74, 6) is 0.865. The summed E-state index contributed by atoms with van der Waals surface area (Å²) >= 11 is 9.19. The number of ether oxygens (including phenoxy) is 1. The molecule has 4 heteroatoms. The third-order valence-corrected chi connectivity index (χ3v) is 2.83. The lowest BCUT2D eigenvalue weighted by molar-refractivity contribution is 0.294. The van der Waals surface area contributed by atoms with E-state index in [-0.39, 0.29) is 11.5 Å². The van der Waals surface area contributed by atoms with Crippen LogP contribution >= 0.6 is 24.8 Å². The minimum Gasteiger partial charge on any atom is -0.496 e. The van der Waals surface area contributed by atoms with Gasteiger partial charge in [-0.1, -0.05) is 51.2 Å². The summed E-state index contributed by atoms with van der Waals surface area (Å²) in [6.45, 7) is 6.47. The molecule has 1 atom stereocenters. The molecule has 1 rings (SSSR count). The summed E-state index contributed by atoms with van der Waals surface area (Å²) < 4.78 is 5.89. The van der Waals surface area contributed by atoms with Gasteiger partial charge in [0.1, 0.15) is 10.1 Å². The molecule has 0 spiro atoms. The standard InChI is InChI=1S/C13H19NOS2/c1-13(2,3)11(14-12(16)17)9-7-5-6-8-10(9)15-4/h5-8,11H,1-4H3,(H2,14,16,17). The highest BCUT2D eigenvalue weighted by molar-refractivity contribution is 8.11. The minimum atomic E-state index is 0.0153. The number of rotatable bonds is 3. The van der Waals surface area contributed by atoms with Crippen LogP contribution in [0.1, 0.15) is 32.4 Å². The van der Waals surface area contributed by atoms with Crippen LogP contribution in [0.4, 0.5) is 0 Å². The molecule has 0 bridgehead atoms. The smallest absolute Gasteiger partial charge is 0.131 e. The first-order valence-corrected chi connectivity index (χ1v) is 6.34. The molecule has 94 valence electrons. The van der Waals surface area contributed by atoms with Crippen LogP contribution in [0.5, 0.6) is 5.75 Å². The van der Waals surface area contributed by atoms with Crippen molar-refractivity contribution in [2.75, 3.05) is 7.11 Å². The van der Waals surface area contributed by atoms with E-state index in [9.17, 15) is 0 Å². The van der Waals surface area contributed by atoms with Gasteiger partial charge in [0.2, 0.25) is 0 Å². The second-order valence-electron chi connectivity index (χ2n) is 4.99. The van der Waals surface area contributed by atoms with Crippen molar-refractivity contribution in [3.05, 3.63) is 29.8 Å². The summed E-state index contributed by atoms with van der Waals surface area (Å²) in [7, 11) is 1.68. The van der Waals surface area contributed by atoms with Gasteiger partial charge in [-0.25, -0.2) is 0 Å². The van der Waals surface area contributed by atoms with Crippen molar-refractivity contribution < 1.29 is 4.74 Å². The van der Waals surface area contributed by atoms with Gasteiger partial charge in [0.15, 0.2) is 0 Å². The third-order valence-electron chi connectivity index (χ3n) is 2.58. The molecule has 0 aliphatic rings. The molecule has 0 fully saturated rings. The van der Waals surface area contributed by atoms with Gasteiger partial charge in [0.05, 0.1) is 13.2 Å². The lowest BCUT2D eigenvalue weighted by atomic mass is 9.82. The van der Waals surface area contributed by atoms with Crippen molar-refractivity contribution in [1.29, 1.82) is 0 Å². The van der Waals surface area contributed by atoms with E-state index >= 15 is 0 Å². The van der Waals surface area contributed by atoms with Gasteiger partial charge < -0.3 is 10.1 Å². The molecule has 0 amide bonds. The molecule has 0 aromatic heterocycles. The molecular weight excluding hydrogens is 250 g/mol. The summed E-state index contributed by atoms with van der Waals surface area (Å²) in [6.07, 6.45) is 0. The van der Waals surface area contributed by atoms with Gasteiger partial charge in [-0.15, -0.1) is 12.6 Å². The van der Waals surface area contributed by atoms with Crippen molar-refractivity contribution >= 4 is 29.2 Å². The zero-order chi connectivity index (χ0) is 13.1. The lowest BCUT2D eigenvalue weighted by Crippen LogP contribution is -2.34. The number of thiocarbonyl (C=S) groups is 1. The van der Waals surface area contributed by atoms with Crippen LogP contribution in [0, 0.1) is 5.41 Å². The molecule has 1 N–H and O–H groups in total. The zero-order valence-corrected chi connectivity index (χ0v) is 12.4. The molecule has 0 aliphatic carbocycles. The van der Waals surface area contributed by atoms with E-state index < -0.39 is 0 Å². The fraction of sp³-hybridized carbons (Fsp3) is 0.462. The average molecular weight is 269 g/mol. The number of thiol groups is 1. The first-order valence-electron chi connectivity index (χ1n) is 5.48. The summed E-state index contributed by atoms with van der Waals surface area (Å²) in [4.78, 5) is 0. The van der Waals surface area contributed by atoms with Crippen LogP contribution < -0.4 is 10.1 Å². The molecule has 1 aromatic carbocycles. The number of benzene rings is 1. The number of para-hydroxylation sites is 1. The van der Waals surface area contributed by atoms with E-state index in [0.717, 1.165) is 11.3 Å². The Bertz CT molecular complexity index is 399. The predicted molar refractivity (Wildman–Crippen MR) is 79.9 cm³/mol. The SMILES string of the molecule is COc1ccccc1C(NC(=S)S)C(C)(C)C. The fourth-order valence-corrected chi connectivity index (χ4v) is 2.04. The summed E-state index contributed by atoms with van der Waals surface area (Å²) in [5, 5.41) is 3.23. The highest BCUT2D eigenvalue weighted by Crippen LogP contribution is 2.37. The van der Waals surface area contributed by atoms with E-state index in [0.29, 0.717) is 4.32 Å². The molecule has 17 heavy (non-hydrogen) atoms. The lowest BCUT2D eigenvalue weighted by Gasteiger charge is -2.33. The molecule has 0 heterocycles. The zero-order valence-electron chi connectivity index (χ0n) is 10.7. The number of hydrogen-bond donors (Lipinski definition) is 2. The summed E-state index contributed by atoms with van der Waals surface area (Å²) in [6, 6.07) is 8.04. The molecule has 0 saturated heterocycles. The van der Waals surface area contributed by atoms with Crippen molar-refractivity contribution in [1.82, 2.24) is 5.32 Å². The van der Waals surface area contributed by atoms with Gasteiger partial charge in [0, 0.05) is 5.56 Å². The number of nitrogens with one attached hydrogen (secondary N) is 1. The minimum absolute atomic E-state index is 0.0153. The van der Waals surface area contributed by atoms with Crippen LogP contribution in [0.15, 0.2) is 24.3 Å². The second kappa shape index (κ2) is 5.74. The summed E-state index contributed by atoms with van der Waals surface area (Å²) in [5.41, 5.74) is 1.11. The Morgan fingerprint density at radius 3 is 2.41 bits per heavy atom. The van der Waals surface area contributed by atoms with Crippen molar-refractivity contribution in [3.63, 3.8) is 0 Å². The van der Waals surface area contributed by atoms with Crippen LogP contribution in [0.25, 0.3) is 0 Å². The van der Waals surface area contributed by atoms with Gasteiger partial charge in [-0.05, 0) is 11.5 Å². The van der Waals surface area contributed by atoms with Gasteiger partial charge in [-0.2, -0.15) is 0 Å². The molecular formula is C13H19NOS2. The molecule has 1 unspecified atom stereocenters. The Kier molecular flexibility index (Phi) is 4.83. The average Bonchev–Trinajstić information content (AvgIpc) is 2.24. The number of methoxy groups -OCH3 is 1. The first kappa shape index (κ1) is 14.3. The maximum Gasteiger partial charge on any atom is 0.131 e. The highest BCUT2D eigenvalue weighted by atomic mass is 32.1. The van der Waals surface area contributed by atoms with Crippen molar-refractivity contribution in [2.45, 2.75) is 26.8 Å². The van der Waals surface area contributed by atoms with Gasteiger partial charge >= 0.3 is 0 Å². The monoisotopic (exact) mass is 269 g/mol. The molecule has 2 nitrogen and oxygen atoms in total. The molecule has 0 aliphatic heterocycles. The fourth-order valence-electron chi connectivity index (χ4n) is 1.79. The third kappa shape index (κ3) is 3.89. The van der Waals surface area contributed by atoms with E-state index in [1.165, 1.54) is 0 Å². The topological polar surface area (TPSA) is 21.3 Å². The molecule has 0 radical (unpaired) electrons. The maximum absolute atomic E-state index is 5.39. The van der Waals surface area contributed by atoms with Crippen molar-refractivity contribution in [3.8, 4) is 5.75 Å². The van der Waals surface area contributed by atoms with Crippen LogP contribution in [0.3, 0.4) is 0 Å². The Hall–Kier alpha value is -0.740. The Morgan fingerprint density at radius 2 is 1.94 bits per heavy atom. The van der Waals surface area contributed by atoms with Gasteiger partial charge in [-0.3, -0.25) is 0 Å². The Balaban J connectivity index is 3.17. The normalized spacial score (nSPS) is 13.0. The largest absolute Gasteiger partial charge is 0.496 e. The predicted octanol–water partition coefficient (Wildman–Crippen LogP) is 3.59. The molecule has 0 saturated carbocycles. The van der Waals surface area contributed by atoms with E-state index in [4.69, 9.17) is 17.0 Å². The quantitative estimate of drug-likeness (QED) is 0.647. The van der Waals surface area contributed by atoms with E-state index in [2.05, 4.69) is 38.7 Å². The second-order valence-corrected chi connectivity index (χ2v) is 6.15. The van der Waals surface area contributed by atoms with Crippen molar-refractivity contribution in [2.24, 2.45) is 5.41 Å². The van der Waals surface area contributed by atoms with E-state index in [1.807, 2.05) is 24.3 Å². The Morgan fingerprint density at radius 1 is 1.35 bits per heavy atom. The van der Waals surface area contributed by atoms with Crippen LogP contribution in [0.2, 0.25) is 0 Å². The van der Waals surface area contributed by atoms with Crippen LogP contribution in [-0.4, -0.2) is 11.4 Å². The Labute approximate surface area is 114 Å². The number of hydrogen-bond acceptors (Lipinski definition) is 2. The van der Waals surface area contributed by atoms with Crippen LogP contribution in [-0.2, 0) is 0 Å². The highest BCUT2D eigenvalue weighted by Gasteiger charge is 2.28. The van der Waals surface area contributed by atoms with Gasteiger partial charge in [0.25, 0.3) is 0 Å². The first-order chi connectivity index (χ1) is 7.86. The molecule has 1 aromatic rings. The van der Waals surface area contributed by atoms with E-state index in [1.54, 1.807) is 7.11 Å². The maximum atomic E-state index is 5.39.